The van der Waals surface area contributed by atoms with Crippen molar-refractivity contribution in [1.82, 2.24) is 4.98 Å². The molecule has 0 unspecified atom stereocenters. The zero-order valence-electron chi connectivity index (χ0n) is 12.6. The fourth-order valence-corrected chi connectivity index (χ4v) is 2.47. The van der Waals surface area contributed by atoms with Gasteiger partial charge >= 0.3 is 0 Å². The van der Waals surface area contributed by atoms with Gasteiger partial charge in [-0.1, -0.05) is 11.6 Å². The first-order chi connectivity index (χ1) is 9.88. The third-order valence-electron chi connectivity index (χ3n) is 3.17. The molecule has 110 valence electrons. The van der Waals surface area contributed by atoms with Gasteiger partial charge in [-0.05, 0) is 49.7 Å². The Hall–Kier alpha value is -2.07. The number of carbonyl (C=O) groups excluding carboxylic acids is 1. The van der Waals surface area contributed by atoms with Gasteiger partial charge in [0.05, 0.1) is 5.56 Å². The minimum Gasteiger partial charge on any atom is -0.378 e. The second-order valence-corrected chi connectivity index (χ2v) is 5.50. The molecule has 2 rings (SSSR count). The maximum atomic E-state index is 12.3. The predicted molar refractivity (Wildman–Crippen MR) is 87.4 cm³/mol. The number of rotatable bonds is 3. The van der Waals surface area contributed by atoms with Crippen LogP contribution in [-0.2, 0) is 0 Å². The molecule has 0 saturated carbocycles. The van der Waals surface area contributed by atoms with Crippen LogP contribution in [0.2, 0.25) is 5.15 Å². The number of carbonyl (C=O) groups is 1. The van der Waals surface area contributed by atoms with Crippen molar-refractivity contribution in [2.75, 3.05) is 24.3 Å². The Bertz CT molecular complexity index is 643. The van der Waals surface area contributed by atoms with Gasteiger partial charge in [0.15, 0.2) is 0 Å². The Morgan fingerprint density at radius 2 is 1.81 bits per heavy atom. The molecule has 5 heteroatoms. The van der Waals surface area contributed by atoms with E-state index in [0.717, 1.165) is 22.6 Å². The average molecular weight is 304 g/mol. The van der Waals surface area contributed by atoms with E-state index in [2.05, 4.69) is 10.3 Å². The molecule has 2 aromatic rings. The van der Waals surface area contributed by atoms with E-state index in [1.165, 1.54) is 0 Å². The standard InChI is InChI=1S/C16H18ClN3O/c1-10-9-11(2)18-15(17)14(10)16(21)19-12-5-7-13(8-6-12)20(3)4/h5-9H,1-4H3,(H,19,21). The first-order valence-corrected chi connectivity index (χ1v) is 6.99. The van der Waals surface area contributed by atoms with E-state index >= 15 is 0 Å². The second-order valence-electron chi connectivity index (χ2n) is 5.14. The molecule has 1 aromatic heterocycles. The van der Waals surface area contributed by atoms with Gasteiger partial charge in [0, 0.05) is 31.2 Å². The van der Waals surface area contributed by atoms with Crippen LogP contribution in [0.3, 0.4) is 0 Å². The first kappa shape index (κ1) is 15.3. The molecular formula is C16H18ClN3O. The molecule has 0 aliphatic rings. The highest BCUT2D eigenvalue weighted by Gasteiger charge is 2.15. The van der Waals surface area contributed by atoms with E-state index in [1.807, 2.05) is 63.2 Å². The number of aromatic nitrogens is 1. The van der Waals surface area contributed by atoms with Crippen molar-refractivity contribution in [3.8, 4) is 0 Å². The van der Waals surface area contributed by atoms with Crippen molar-refractivity contribution >= 4 is 28.9 Å². The highest BCUT2D eigenvalue weighted by molar-refractivity contribution is 6.33. The largest absolute Gasteiger partial charge is 0.378 e. The Balaban J connectivity index is 2.22. The summed E-state index contributed by atoms with van der Waals surface area (Å²) in [6, 6.07) is 9.45. The van der Waals surface area contributed by atoms with Crippen molar-refractivity contribution in [2.24, 2.45) is 0 Å². The minimum atomic E-state index is -0.248. The molecule has 0 aliphatic heterocycles. The zero-order valence-corrected chi connectivity index (χ0v) is 13.3. The number of anilines is 2. The van der Waals surface area contributed by atoms with Crippen LogP contribution in [0.25, 0.3) is 0 Å². The summed E-state index contributed by atoms with van der Waals surface area (Å²) >= 11 is 6.08. The maximum absolute atomic E-state index is 12.3. The number of benzene rings is 1. The van der Waals surface area contributed by atoms with Crippen LogP contribution in [0.4, 0.5) is 11.4 Å². The summed E-state index contributed by atoms with van der Waals surface area (Å²) in [5.74, 6) is -0.248. The molecule has 0 bridgehead atoms. The molecule has 4 nitrogen and oxygen atoms in total. The smallest absolute Gasteiger partial charge is 0.259 e. The van der Waals surface area contributed by atoms with Crippen LogP contribution < -0.4 is 10.2 Å². The van der Waals surface area contributed by atoms with E-state index in [9.17, 15) is 4.79 Å². The van der Waals surface area contributed by atoms with Crippen LogP contribution >= 0.6 is 11.6 Å². The summed E-state index contributed by atoms with van der Waals surface area (Å²) in [4.78, 5) is 18.5. The van der Waals surface area contributed by atoms with Crippen LogP contribution in [0.5, 0.6) is 0 Å². The lowest BCUT2D eigenvalue weighted by atomic mass is 10.1. The number of halogens is 1. The van der Waals surface area contributed by atoms with Gasteiger partial charge in [-0.2, -0.15) is 0 Å². The van der Waals surface area contributed by atoms with E-state index in [4.69, 9.17) is 11.6 Å². The predicted octanol–water partition coefficient (Wildman–Crippen LogP) is 3.67. The Morgan fingerprint density at radius 1 is 1.19 bits per heavy atom. The van der Waals surface area contributed by atoms with E-state index in [-0.39, 0.29) is 11.1 Å². The fraction of sp³-hybridized carbons (Fsp3) is 0.250. The number of nitrogens with one attached hydrogen (secondary N) is 1. The van der Waals surface area contributed by atoms with Gasteiger partial charge in [-0.25, -0.2) is 4.98 Å². The Kier molecular flexibility index (Phi) is 4.48. The fourth-order valence-electron chi connectivity index (χ4n) is 2.10. The van der Waals surface area contributed by atoms with E-state index < -0.39 is 0 Å². The van der Waals surface area contributed by atoms with Gasteiger partial charge in [0.1, 0.15) is 5.15 Å². The number of amides is 1. The van der Waals surface area contributed by atoms with Crippen LogP contribution in [-0.4, -0.2) is 25.0 Å². The normalized spacial score (nSPS) is 10.3. The summed E-state index contributed by atoms with van der Waals surface area (Å²) in [6.45, 7) is 3.70. The molecule has 1 heterocycles. The highest BCUT2D eigenvalue weighted by Crippen LogP contribution is 2.21. The van der Waals surface area contributed by atoms with Gasteiger partial charge in [-0.15, -0.1) is 0 Å². The molecule has 21 heavy (non-hydrogen) atoms. The number of hydrogen-bond donors (Lipinski definition) is 1. The van der Waals surface area contributed by atoms with Crippen LogP contribution in [0, 0.1) is 13.8 Å². The monoisotopic (exact) mass is 303 g/mol. The molecule has 0 fully saturated rings. The zero-order chi connectivity index (χ0) is 15.6. The molecule has 1 aromatic carbocycles. The molecule has 0 radical (unpaired) electrons. The van der Waals surface area contributed by atoms with Crippen LogP contribution in [0.1, 0.15) is 21.6 Å². The van der Waals surface area contributed by atoms with Crippen molar-refractivity contribution in [1.29, 1.82) is 0 Å². The van der Waals surface area contributed by atoms with Crippen LogP contribution in [0.15, 0.2) is 30.3 Å². The SMILES string of the molecule is Cc1cc(C)c(C(=O)Nc2ccc(N(C)C)cc2)c(Cl)n1. The molecule has 0 spiro atoms. The lowest BCUT2D eigenvalue weighted by Crippen LogP contribution is -2.15. The topological polar surface area (TPSA) is 45.2 Å². The minimum absolute atomic E-state index is 0.231. The summed E-state index contributed by atoms with van der Waals surface area (Å²) in [6.07, 6.45) is 0. The number of hydrogen-bond acceptors (Lipinski definition) is 3. The van der Waals surface area contributed by atoms with Gasteiger partial charge in [0.25, 0.3) is 5.91 Å². The Labute approximate surface area is 129 Å². The van der Waals surface area contributed by atoms with E-state index in [0.29, 0.717) is 5.56 Å². The first-order valence-electron chi connectivity index (χ1n) is 6.61. The van der Waals surface area contributed by atoms with Crippen molar-refractivity contribution in [3.63, 3.8) is 0 Å². The molecule has 1 amide bonds. The van der Waals surface area contributed by atoms with Gasteiger partial charge in [-0.3, -0.25) is 4.79 Å². The molecule has 0 atom stereocenters. The average Bonchev–Trinajstić information content (AvgIpc) is 2.37. The van der Waals surface area contributed by atoms with Gasteiger partial charge < -0.3 is 10.2 Å². The third-order valence-corrected chi connectivity index (χ3v) is 3.44. The molecule has 0 aliphatic carbocycles. The number of aryl methyl sites for hydroxylation is 2. The van der Waals surface area contributed by atoms with Crippen molar-refractivity contribution in [3.05, 3.63) is 52.3 Å². The molecular weight excluding hydrogens is 286 g/mol. The highest BCUT2D eigenvalue weighted by atomic mass is 35.5. The second kappa shape index (κ2) is 6.14. The molecule has 0 saturated heterocycles. The number of nitrogens with zero attached hydrogens (tertiary/aromatic N) is 2. The number of pyridine rings is 1. The van der Waals surface area contributed by atoms with E-state index in [1.54, 1.807) is 0 Å². The summed E-state index contributed by atoms with van der Waals surface area (Å²) < 4.78 is 0. The van der Waals surface area contributed by atoms with Gasteiger partial charge in [0.2, 0.25) is 0 Å². The summed E-state index contributed by atoms with van der Waals surface area (Å²) in [7, 11) is 3.93. The lowest BCUT2D eigenvalue weighted by Gasteiger charge is -2.13. The summed E-state index contributed by atoms with van der Waals surface area (Å²) in [5, 5.41) is 3.07. The maximum Gasteiger partial charge on any atom is 0.259 e. The van der Waals surface area contributed by atoms with Crippen molar-refractivity contribution < 1.29 is 4.79 Å². The quantitative estimate of drug-likeness (QED) is 0.880. The van der Waals surface area contributed by atoms with Crippen molar-refractivity contribution in [2.45, 2.75) is 13.8 Å². The summed E-state index contributed by atoms with van der Waals surface area (Å²) in [5.41, 5.74) is 3.82. The lowest BCUT2D eigenvalue weighted by molar-refractivity contribution is 0.102. The Morgan fingerprint density at radius 3 is 2.33 bits per heavy atom. The third kappa shape index (κ3) is 3.52. The molecule has 1 N–H and O–H groups in total.